The summed E-state index contributed by atoms with van der Waals surface area (Å²) in [7, 11) is 0. The Morgan fingerprint density at radius 3 is 1.83 bits per heavy atom. The van der Waals surface area contributed by atoms with Crippen LogP contribution in [0.3, 0.4) is 0 Å². The summed E-state index contributed by atoms with van der Waals surface area (Å²) in [5, 5.41) is 8.82. The molecule has 0 aliphatic carbocycles. The lowest BCUT2D eigenvalue weighted by molar-refractivity contribution is -0.150. The summed E-state index contributed by atoms with van der Waals surface area (Å²) in [5.41, 5.74) is 0. The molecule has 4 nitrogen and oxygen atoms in total. The van der Waals surface area contributed by atoms with Crippen LogP contribution >= 0.6 is 0 Å². The highest BCUT2D eigenvalue weighted by atomic mass is 16.5. The fourth-order valence-electron chi connectivity index (χ4n) is 3.55. The van der Waals surface area contributed by atoms with Crippen LogP contribution < -0.4 is 0 Å². The number of carbonyl (C=O) groups is 1. The van der Waals surface area contributed by atoms with Gasteiger partial charge in [0.15, 0.2) is 0 Å². The summed E-state index contributed by atoms with van der Waals surface area (Å²) < 4.78 is 11.3. The Balaban J connectivity index is 3.88. The van der Waals surface area contributed by atoms with Crippen molar-refractivity contribution in [1.82, 2.24) is 0 Å². The summed E-state index contributed by atoms with van der Waals surface area (Å²) in [6, 6.07) is 0. The van der Waals surface area contributed by atoms with E-state index in [1.165, 1.54) is 70.6 Å². The molecule has 0 aromatic rings. The van der Waals surface area contributed by atoms with Crippen molar-refractivity contribution in [3.05, 3.63) is 0 Å². The van der Waals surface area contributed by atoms with Crippen LogP contribution in [0.5, 0.6) is 0 Å². The molecule has 0 spiro atoms. The second-order valence-corrected chi connectivity index (χ2v) is 8.37. The molecule has 0 fully saturated rings. The number of esters is 1. The number of hydrogen-bond donors (Lipinski definition) is 1. The van der Waals surface area contributed by atoms with E-state index in [-0.39, 0.29) is 18.7 Å². The van der Waals surface area contributed by atoms with Gasteiger partial charge in [-0.05, 0) is 25.7 Å². The zero-order valence-corrected chi connectivity index (χ0v) is 19.6. The average Bonchev–Trinajstić information content (AvgIpc) is 2.72. The van der Waals surface area contributed by atoms with Crippen LogP contribution in [0.25, 0.3) is 0 Å². The molecular formula is C25H50O4. The maximum atomic E-state index is 12.2. The van der Waals surface area contributed by atoms with Crippen LogP contribution in [0, 0.1) is 0 Å². The molecule has 0 amide bonds. The highest BCUT2D eigenvalue weighted by Gasteiger charge is 2.14. The Morgan fingerprint density at radius 1 is 0.690 bits per heavy atom. The summed E-state index contributed by atoms with van der Waals surface area (Å²) in [4.78, 5) is 12.2. The lowest BCUT2D eigenvalue weighted by Crippen LogP contribution is -2.20. The molecule has 1 N–H and O–H groups in total. The normalized spacial score (nSPS) is 12.2. The van der Waals surface area contributed by atoms with Crippen molar-refractivity contribution in [1.29, 1.82) is 0 Å². The number of aliphatic hydroxyl groups is 1. The summed E-state index contributed by atoms with van der Waals surface area (Å²) >= 11 is 0. The third-order valence-electron chi connectivity index (χ3n) is 5.44. The smallest absolute Gasteiger partial charge is 0.306 e. The van der Waals surface area contributed by atoms with Gasteiger partial charge in [-0.2, -0.15) is 0 Å². The molecule has 0 aliphatic rings. The van der Waals surface area contributed by atoms with E-state index in [0.717, 1.165) is 32.1 Å². The highest BCUT2D eigenvalue weighted by Crippen LogP contribution is 2.15. The standard InChI is InChI=1S/C25H50O4/c1-3-5-7-9-10-11-12-14-16-19-25(27)29-24(18-15-13-8-6-4-2)20-23-28-22-17-21-26/h24,26H,3-23H2,1-2H3. The van der Waals surface area contributed by atoms with Crippen LogP contribution in [-0.4, -0.2) is 37.0 Å². The van der Waals surface area contributed by atoms with Crippen molar-refractivity contribution in [2.45, 2.75) is 136 Å². The van der Waals surface area contributed by atoms with E-state index in [1.807, 2.05) is 0 Å². The van der Waals surface area contributed by atoms with Gasteiger partial charge in [0, 0.05) is 26.1 Å². The van der Waals surface area contributed by atoms with Crippen molar-refractivity contribution in [2.24, 2.45) is 0 Å². The molecule has 4 heteroatoms. The second kappa shape index (κ2) is 23.7. The second-order valence-electron chi connectivity index (χ2n) is 8.37. The summed E-state index contributed by atoms with van der Waals surface area (Å²) in [5.74, 6) is -0.0399. The van der Waals surface area contributed by atoms with E-state index in [2.05, 4.69) is 13.8 Å². The van der Waals surface area contributed by atoms with Gasteiger partial charge in [0.05, 0.1) is 6.61 Å². The monoisotopic (exact) mass is 414 g/mol. The molecule has 1 unspecified atom stereocenters. The first-order valence-corrected chi connectivity index (χ1v) is 12.6. The first-order valence-electron chi connectivity index (χ1n) is 12.6. The first kappa shape index (κ1) is 28.4. The number of rotatable bonds is 23. The van der Waals surface area contributed by atoms with E-state index >= 15 is 0 Å². The molecule has 29 heavy (non-hydrogen) atoms. The van der Waals surface area contributed by atoms with Gasteiger partial charge >= 0.3 is 5.97 Å². The number of ether oxygens (including phenoxy) is 2. The zero-order valence-electron chi connectivity index (χ0n) is 19.6. The maximum absolute atomic E-state index is 12.2. The quantitative estimate of drug-likeness (QED) is 0.145. The molecule has 1 atom stereocenters. The van der Waals surface area contributed by atoms with Crippen LogP contribution in [0.15, 0.2) is 0 Å². The zero-order chi connectivity index (χ0) is 21.4. The fourth-order valence-corrected chi connectivity index (χ4v) is 3.55. The molecule has 0 bridgehead atoms. The molecule has 0 aromatic carbocycles. The minimum absolute atomic E-state index is 0.0168. The Kier molecular flexibility index (Phi) is 23.2. The SMILES string of the molecule is CCCCCCCCCCCC(=O)OC(CCCCCCC)CCOCCCO. The highest BCUT2D eigenvalue weighted by molar-refractivity contribution is 5.69. The molecule has 0 rings (SSSR count). The van der Waals surface area contributed by atoms with Gasteiger partial charge in [-0.1, -0.05) is 90.9 Å². The van der Waals surface area contributed by atoms with Gasteiger partial charge in [0.25, 0.3) is 0 Å². The topological polar surface area (TPSA) is 55.8 Å². The molecular weight excluding hydrogens is 364 g/mol. The minimum atomic E-state index is -0.0399. The van der Waals surface area contributed by atoms with E-state index in [4.69, 9.17) is 14.6 Å². The largest absolute Gasteiger partial charge is 0.462 e. The fraction of sp³-hybridized carbons (Fsp3) is 0.960. The average molecular weight is 415 g/mol. The summed E-state index contributed by atoms with van der Waals surface area (Å²) in [6.07, 6.45) is 20.4. The lowest BCUT2D eigenvalue weighted by atomic mass is 10.1. The number of aliphatic hydroxyl groups excluding tert-OH is 1. The lowest BCUT2D eigenvalue weighted by Gasteiger charge is -2.18. The van der Waals surface area contributed by atoms with Gasteiger partial charge < -0.3 is 14.6 Å². The van der Waals surface area contributed by atoms with Crippen molar-refractivity contribution in [3.8, 4) is 0 Å². The molecule has 0 saturated heterocycles. The molecule has 0 radical (unpaired) electrons. The van der Waals surface area contributed by atoms with Gasteiger partial charge in [-0.25, -0.2) is 0 Å². The first-order chi connectivity index (χ1) is 14.2. The Morgan fingerprint density at radius 2 is 1.24 bits per heavy atom. The molecule has 0 aromatic heterocycles. The summed E-state index contributed by atoms with van der Waals surface area (Å²) in [6.45, 7) is 5.81. The van der Waals surface area contributed by atoms with Crippen LogP contribution in [-0.2, 0) is 14.3 Å². The van der Waals surface area contributed by atoms with Crippen molar-refractivity contribution in [3.63, 3.8) is 0 Å². The van der Waals surface area contributed by atoms with Gasteiger partial charge in [-0.3, -0.25) is 4.79 Å². The molecule has 0 heterocycles. The Bertz CT molecular complexity index is 319. The van der Waals surface area contributed by atoms with Crippen molar-refractivity contribution >= 4 is 5.97 Å². The van der Waals surface area contributed by atoms with E-state index in [1.54, 1.807) is 0 Å². The molecule has 174 valence electrons. The van der Waals surface area contributed by atoms with Crippen LogP contribution in [0.2, 0.25) is 0 Å². The third-order valence-corrected chi connectivity index (χ3v) is 5.44. The third kappa shape index (κ3) is 21.9. The van der Waals surface area contributed by atoms with E-state index in [0.29, 0.717) is 26.1 Å². The van der Waals surface area contributed by atoms with E-state index < -0.39 is 0 Å². The predicted octanol–water partition coefficient (Wildman–Crippen LogP) is 6.97. The predicted molar refractivity (Wildman–Crippen MR) is 122 cm³/mol. The van der Waals surface area contributed by atoms with Gasteiger partial charge in [-0.15, -0.1) is 0 Å². The van der Waals surface area contributed by atoms with Crippen molar-refractivity contribution in [2.75, 3.05) is 19.8 Å². The number of carbonyl (C=O) groups excluding carboxylic acids is 1. The number of hydrogen-bond acceptors (Lipinski definition) is 4. The van der Waals surface area contributed by atoms with Gasteiger partial charge in [0.1, 0.15) is 6.10 Å². The number of unbranched alkanes of at least 4 members (excludes halogenated alkanes) is 12. The van der Waals surface area contributed by atoms with Gasteiger partial charge in [0.2, 0.25) is 0 Å². The Hall–Kier alpha value is -0.610. The maximum Gasteiger partial charge on any atom is 0.306 e. The Labute approximate surface area is 181 Å². The molecule has 0 saturated carbocycles. The van der Waals surface area contributed by atoms with Crippen LogP contribution in [0.1, 0.15) is 129 Å². The van der Waals surface area contributed by atoms with E-state index in [9.17, 15) is 4.79 Å². The van der Waals surface area contributed by atoms with Crippen molar-refractivity contribution < 1.29 is 19.4 Å². The minimum Gasteiger partial charge on any atom is -0.462 e. The molecule has 0 aliphatic heterocycles. The van der Waals surface area contributed by atoms with Crippen LogP contribution in [0.4, 0.5) is 0 Å².